The molecule has 0 radical (unpaired) electrons. The summed E-state index contributed by atoms with van der Waals surface area (Å²) in [7, 11) is 0. The van der Waals surface area contributed by atoms with Crippen LogP contribution >= 0.6 is 0 Å². The molecule has 1 aliphatic rings. The van der Waals surface area contributed by atoms with E-state index in [2.05, 4.69) is 19.2 Å². The zero-order valence-corrected chi connectivity index (χ0v) is 11.3. The van der Waals surface area contributed by atoms with E-state index in [4.69, 9.17) is 0 Å². The lowest BCUT2D eigenvalue weighted by Gasteiger charge is -2.06. The summed E-state index contributed by atoms with van der Waals surface area (Å²) in [5.74, 6) is -0.689. The second-order valence-corrected chi connectivity index (χ2v) is 4.99. The summed E-state index contributed by atoms with van der Waals surface area (Å²) in [4.78, 5) is 10.4. The quantitative estimate of drug-likeness (QED) is 0.847. The second-order valence-electron chi connectivity index (χ2n) is 4.99. The van der Waals surface area contributed by atoms with E-state index in [9.17, 15) is 9.90 Å². The average Bonchev–Trinajstić information content (AvgIpc) is 2.41. The van der Waals surface area contributed by atoms with Crippen LogP contribution in [0.4, 0.5) is 0 Å². The highest BCUT2D eigenvalue weighted by atomic mass is 16.4. The number of benzene rings is 1. The zero-order chi connectivity index (χ0) is 13.4. The third kappa shape index (κ3) is 5.32. The molecule has 0 bridgehead atoms. The molecular formula is C15H23NO2. The van der Waals surface area contributed by atoms with Crippen molar-refractivity contribution in [2.75, 3.05) is 13.1 Å². The maximum Gasteiger partial charge on any atom is 0.0755 e. The lowest BCUT2D eigenvalue weighted by Crippen LogP contribution is -2.85. The van der Waals surface area contributed by atoms with Crippen LogP contribution in [0.2, 0.25) is 0 Å². The fourth-order valence-corrected chi connectivity index (χ4v) is 1.90. The Morgan fingerprint density at radius 3 is 1.94 bits per heavy atom. The fourth-order valence-electron chi connectivity index (χ4n) is 1.90. The highest BCUT2D eigenvalue weighted by Crippen LogP contribution is 2.14. The van der Waals surface area contributed by atoms with E-state index in [1.54, 1.807) is 12.1 Å². The van der Waals surface area contributed by atoms with Crippen molar-refractivity contribution in [3.63, 3.8) is 0 Å². The van der Waals surface area contributed by atoms with Gasteiger partial charge in [0.1, 0.15) is 0 Å². The molecule has 100 valence electrons. The molecular weight excluding hydrogens is 226 g/mol. The normalized spacial score (nSPS) is 14.8. The Labute approximate surface area is 109 Å². The van der Waals surface area contributed by atoms with Gasteiger partial charge in [0.2, 0.25) is 0 Å². The van der Waals surface area contributed by atoms with E-state index in [1.165, 1.54) is 32.4 Å². The number of carbonyl (C=O) groups is 1. The van der Waals surface area contributed by atoms with Gasteiger partial charge in [-0.05, 0) is 36.3 Å². The van der Waals surface area contributed by atoms with Crippen molar-refractivity contribution in [3.05, 3.63) is 35.4 Å². The molecule has 0 spiro atoms. The number of carbonyl (C=O) groups excluding carboxylic acids is 1. The Morgan fingerprint density at radius 1 is 1.11 bits per heavy atom. The van der Waals surface area contributed by atoms with Crippen LogP contribution in [0.25, 0.3) is 0 Å². The summed E-state index contributed by atoms with van der Waals surface area (Å²) >= 11 is 0. The fraction of sp³-hybridized carbons (Fsp3) is 0.533. The third-order valence-electron chi connectivity index (χ3n) is 3.13. The van der Waals surface area contributed by atoms with Gasteiger partial charge in [0.05, 0.1) is 19.1 Å². The van der Waals surface area contributed by atoms with Crippen LogP contribution in [-0.2, 0) is 0 Å². The molecule has 3 nitrogen and oxygen atoms in total. The van der Waals surface area contributed by atoms with E-state index in [0.29, 0.717) is 5.92 Å². The predicted octanol–water partition coefficient (Wildman–Crippen LogP) is 0.907. The molecule has 0 saturated carbocycles. The maximum atomic E-state index is 10.4. The van der Waals surface area contributed by atoms with Gasteiger partial charge >= 0.3 is 0 Å². The minimum absolute atomic E-state index is 0.236. The first-order valence-electron chi connectivity index (χ1n) is 6.74. The predicted molar refractivity (Wildman–Crippen MR) is 70.4 cm³/mol. The van der Waals surface area contributed by atoms with Crippen LogP contribution in [0.1, 0.15) is 54.9 Å². The topological polar surface area (TPSA) is 56.7 Å². The first-order valence-corrected chi connectivity index (χ1v) is 6.74. The van der Waals surface area contributed by atoms with Gasteiger partial charge in [0.25, 0.3) is 0 Å². The Morgan fingerprint density at radius 2 is 1.67 bits per heavy atom. The average molecular weight is 249 g/mol. The molecule has 18 heavy (non-hydrogen) atoms. The molecule has 1 saturated heterocycles. The Bertz CT molecular complexity index is 342. The number of hydrogen-bond donors (Lipinski definition) is 1. The van der Waals surface area contributed by atoms with Gasteiger partial charge in [-0.1, -0.05) is 38.1 Å². The summed E-state index contributed by atoms with van der Waals surface area (Å²) in [6, 6.07) is 6.78. The van der Waals surface area contributed by atoms with Crippen LogP contribution in [0, 0.1) is 0 Å². The van der Waals surface area contributed by atoms with Gasteiger partial charge in [-0.15, -0.1) is 0 Å². The van der Waals surface area contributed by atoms with Crippen LogP contribution in [-0.4, -0.2) is 19.1 Å². The van der Waals surface area contributed by atoms with Gasteiger partial charge in [0.15, 0.2) is 0 Å². The number of piperidine rings is 1. The van der Waals surface area contributed by atoms with Crippen molar-refractivity contribution >= 4 is 5.97 Å². The van der Waals surface area contributed by atoms with Crippen LogP contribution < -0.4 is 10.4 Å². The van der Waals surface area contributed by atoms with E-state index in [0.717, 1.165) is 5.56 Å². The Kier molecular flexibility index (Phi) is 6.44. The molecule has 1 aliphatic heterocycles. The minimum atomic E-state index is -1.12. The number of nitrogens with two attached hydrogens (primary N) is 1. The highest BCUT2D eigenvalue weighted by Gasteiger charge is 1.98. The summed E-state index contributed by atoms with van der Waals surface area (Å²) in [5, 5.41) is 12.8. The van der Waals surface area contributed by atoms with Gasteiger partial charge in [-0.2, -0.15) is 0 Å². The highest BCUT2D eigenvalue weighted by molar-refractivity contribution is 5.85. The minimum Gasteiger partial charge on any atom is -0.545 e. The smallest absolute Gasteiger partial charge is 0.0755 e. The van der Waals surface area contributed by atoms with Gasteiger partial charge in [-0.25, -0.2) is 0 Å². The van der Waals surface area contributed by atoms with Crippen molar-refractivity contribution in [1.82, 2.24) is 0 Å². The van der Waals surface area contributed by atoms with Crippen molar-refractivity contribution < 1.29 is 15.2 Å². The van der Waals surface area contributed by atoms with E-state index >= 15 is 0 Å². The second kappa shape index (κ2) is 7.88. The van der Waals surface area contributed by atoms with Crippen molar-refractivity contribution in [1.29, 1.82) is 0 Å². The van der Waals surface area contributed by atoms with E-state index < -0.39 is 5.97 Å². The van der Waals surface area contributed by atoms with Crippen LogP contribution in [0.15, 0.2) is 24.3 Å². The molecule has 0 unspecified atom stereocenters. The van der Waals surface area contributed by atoms with Crippen LogP contribution in [0.5, 0.6) is 0 Å². The number of carboxylic acids is 1. The van der Waals surface area contributed by atoms with E-state index in [-0.39, 0.29) is 5.56 Å². The van der Waals surface area contributed by atoms with Crippen LogP contribution in [0.3, 0.4) is 0 Å². The molecule has 3 heteroatoms. The SMILES string of the molecule is C1CC[NH2+]CC1.CC(C)c1ccc(C(=O)[O-])cc1. The molecule has 2 N–H and O–H groups in total. The largest absolute Gasteiger partial charge is 0.545 e. The number of quaternary nitrogens is 1. The first kappa shape index (κ1) is 14.7. The first-order chi connectivity index (χ1) is 8.61. The molecule has 1 aromatic carbocycles. The molecule has 1 fully saturated rings. The van der Waals surface area contributed by atoms with E-state index in [1.807, 2.05) is 12.1 Å². The number of carboxylic acid groups (broad SMARTS) is 1. The monoisotopic (exact) mass is 249 g/mol. The molecule has 0 amide bonds. The molecule has 0 aliphatic carbocycles. The summed E-state index contributed by atoms with van der Waals surface area (Å²) in [6.07, 6.45) is 4.36. The summed E-state index contributed by atoms with van der Waals surface area (Å²) in [6.45, 7) is 6.88. The van der Waals surface area contributed by atoms with Crippen molar-refractivity contribution in [2.45, 2.75) is 39.0 Å². The lowest BCUT2D eigenvalue weighted by atomic mass is 10.0. The molecule has 2 rings (SSSR count). The van der Waals surface area contributed by atoms with Crippen molar-refractivity contribution in [3.8, 4) is 0 Å². The maximum absolute atomic E-state index is 10.4. The van der Waals surface area contributed by atoms with Gasteiger partial charge in [-0.3, -0.25) is 0 Å². The Hall–Kier alpha value is -1.35. The molecule has 1 aromatic rings. The molecule has 0 atom stereocenters. The Balaban J connectivity index is 0.000000225. The summed E-state index contributed by atoms with van der Waals surface area (Å²) in [5.41, 5.74) is 1.37. The van der Waals surface area contributed by atoms with Crippen molar-refractivity contribution in [2.24, 2.45) is 0 Å². The lowest BCUT2D eigenvalue weighted by molar-refractivity contribution is -0.662. The third-order valence-corrected chi connectivity index (χ3v) is 3.13. The number of hydrogen-bond acceptors (Lipinski definition) is 2. The number of aromatic carboxylic acids is 1. The van der Waals surface area contributed by atoms with Gasteiger partial charge < -0.3 is 15.2 Å². The number of rotatable bonds is 2. The van der Waals surface area contributed by atoms with Gasteiger partial charge in [0, 0.05) is 0 Å². The summed E-state index contributed by atoms with van der Waals surface area (Å²) < 4.78 is 0. The standard InChI is InChI=1S/C10H12O2.C5H11N/c1-7(2)8-3-5-9(6-4-8)10(11)12;1-2-4-6-5-3-1/h3-7H,1-2H3,(H,11,12);6H,1-5H2. The zero-order valence-electron chi connectivity index (χ0n) is 11.3. The molecule has 0 aromatic heterocycles. The molecule has 1 heterocycles.